The fourth-order valence-corrected chi connectivity index (χ4v) is 3.23. The van der Waals surface area contributed by atoms with Gasteiger partial charge in [-0.15, -0.1) is 0 Å². The van der Waals surface area contributed by atoms with E-state index in [4.69, 9.17) is 4.42 Å². The van der Waals surface area contributed by atoms with Gasteiger partial charge in [-0.3, -0.25) is 4.90 Å². The third-order valence-corrected chi connectivity index (χ3v) is 4.53. The normalized spacial score (nSPS) is 22.6. The van der Waals surface area contributed by atoms with E-state index in [2.05, 4.69) is 30.1 Å². The summed E-state index contributed by atoms with van der Waals surface area (Å²) in [5.41, 5.74) is 0.132. The van der Waals surface area contributed by atoms with Gasteiger partial charge in [0, 0.05) is 5.54 Å². The molecule has 0 bridgehead atoms. The maximum Gasteiger partial charge on any atom is 0.122 e. The van der Waals surface area contributed by atoms with Gasteiger partial charge in [-0.25, -0.2) is 0 Å². The highest BCUT2D eigenvalue weighted by molar-refractivity contribution is 5.12. The third-order valence-electron chi connectivity index (χ3n) is 4.53. The van der Waals surface area contributed by atoms with E-state index in [1.54, 1.807) is 6.26 Å². The molecule has 1 N–H and O–H groups in total. The number of furan rings is 1. The van der Waals surface area contributed by atoms with E-state index in [1.165, 1.54) is 32.4 Å². The van der Waals surface area contributed by atoms with Gasteiger partial charge in [0.2, 0.25) is 0 Å². The first-order chi connectivity index (χ1) is 8.72. The molecule has 0 aromatic carbocycles. The van der Waals surface area contributed by atoms with E-state index in [0.29, 0.717) is 0 Å². The molecule has 3 nitrogen and oxygen atoms in total. The Balaban J connectivity index is 2.23. The third kappa shape index (κ3) is 2.47. The molecule has 1 aliphatic rings. The molecule has 0 radical (unpaired) electrons. The van der Waals surface area contributed by atoms with Gasteiger partial charge in [-0.2, -0.15) is 0 Å². The Morgan fingerprint density at radius 1 is 1.39 bits per heavy atom. The van der Waals surface area contributed by atoms with Crippen LogP contribution < -0.4 is 5.32 Å². The summed E-state index contributed by atoms with van der Waals surface area (Å²) in [6.07, 6.45) is 6.92. The Hall–Kier alpha value is -0.800. The Morgan fingerprint density at radius 2 is 2.11 bits per heavy atom. The second kappa shape index (κ2) is 5.89. The Bertz CT molecular complexity index is 343. The summed E-state index contributed by atoms with van der Waals surface area (Å²) in [6, 6.07) is 4.32. The van der Waals surface area contributed by atoms with E-state index in [0.717, 1.165) is 12.2 Å². The van der Waals surface area contributed by atoms with Crippen molar-refractivity contribution in [3.8, 4) is 0 Å². The monoisotopic (exact) mass is 250 g/mol. The molecule has 1 fully saturated rings. The average Bonchev–Trinajstić information content (AvgIpc) is 2.94. The number of piperidine rings is 1. The predicted molar refractivity (Wildman–Crippen MR) is 74.6 cm³/mol. The number of hydrogen-bond donors (Lipinski definition) is 1. The minimum atomic E-state index is 0.132. The standard InChI is InChI=1S/C15H26N2O/c1-4-15(2,17-10-6-5-7-11-17)14(16-3)13-9-8-12-18-13/h8-9,12,14,16H,4-7,10-11H2,1-3H3. The van der Waals surface area contributed by atoms with Crippen LogP contribution in [-0.2, 0) is 0 Å². The van der Waals surface area contributed by atoms with Crippen molar-refractivity contribution in [3.05, 3.63) is 24.2 Å². The van der Waals surface area contributed by atoms with Crippen molar-refractivity contribution in [3.63, 3.8) is 0 Å². The summed E-state index contributed by atoms with van der Waals surface area (Å²) in [7, 11) is 2.03. The van der Waals surface area contributed by atoms with Crippen LogP contribution in [0.5, 0.6) is 0 Å². The van der Waals surface area contributed by atoms with E-state index >= 15 is 0 Å². The van der Waals surface area contributed by atoms with Crippen LogP contribution in [0, 0.1) is 0 Å². The molecule has 102 valence electrons. The van der Waals surface area contributed by atoms with E-state index in [-0.39, 0.29) is 11.6 Å². The smallest absolute Gasteiger partial charge is 0.122 e. The lowest BCUT2D eigenvalue weighted by molar-refractivity contribution is 0.0382. The SMILES string of the molecule is CCC(C)(C(NC)c1ccco1)N1CCCCC1. The maximum atomic E-state index is 5.64. The van der Waals surface area contributed by atoms with Crippen molar-refractivity contribution in [2.75, 3.05) is 20.1 Å². The summed E-state index contributed by atoms with van der Waals surface area (Å²) in [5, 5.41) is 3.46. The summed E-state index contributed by atoms with van der Waals surface area (Å²) in [6.45, 7) is 7.07. The molecular weight excluding hydrogens is 224 g/mol. The topological polar surface area (TPSA) is 28.4 Å². The molecule has 1 saturated heterocycles. The molecule has 18 heavy (non-hydrogen) atoms. The van der Waals surface area contributed by atoms with Crippen LogP contribution in [0.25, 0.3) is 0 Å². The van der Waals surface area contributed by atoms with Gasteiger partial charge < -0.3 is 9.73 Å². The highest BCUT2D eigenvalue weighted by Crippen LogP contribution is 2.35. The lowest BCUT2D eigenvalue weighted by Gasteiger charge is -2.47. The number of nitrogens with zero attached hydrogens (tertiary/aromatic N) is 1. The molecule has 2 heterocycles. The van der Waals surface area contributed by atoms with Crippen molar-refractivity contribution in [2.45, 2.75) is 51.1 Å². The van der Waals surface area contributed by atoms with Crippen molar-refractivity contribution < 1.29 is 4.42 Å². The molecule has 3 heteroatoms. The molecule has 1 aromatic heterocycles. The molecule has 0 spiro atoms. The van der Waals surface area contributed by atoms with Gasteiger partial charge in [0.25, 0.3) is 0 Å². The Kier molecular flexibility index (Phi) is 4.46. The first kappa shape index (κ1) is 13.6. The van der Waals surface area contributed by atoms with Gasteiger partial charge in [0.05, 0.1) is 12.3 Å². The predicted octanol–water partition coefficient (Wildman–Crippen LogP) is 3.19. The van der Waals surface area contributed by atoms with Gasteiger partial charge in [-0.1, -0.05) is 13.3 Å². The maximum absolute atomic E-state index is 5.64. The molecule has 0 amide bonds. The van der Waals surface area contributed by atoms with Gasteiger partial charge in [-0.05, 0) is 58.5 Å². The molecule has 1 aromatic rings. The average molecular weight is 250 g/mol. The van der Waals surface area contributed by atoms with Crippen molar-refractivity contribution in [1.29, 1.82) is 0 Å². The number of nitrogens with one attached hydrogen (secondary N) is 1. The second-order valence-corrected chi connectivity index (χ2v) is 5.50. The molecule has 0 aliphatic carbocycles. The zero-order valence-corrected chi connectivity index (χ0v) is 11.9. The van der Waals surface area contributed by atoms with Crippen LogP contribution in [0.1, 0.15) is 51.3 Å². The minimum Gasteiger partial charge on any atom is -0.468 e. The minimum absolute atomic E-state index is 0.132. The molecule has 2 rings (SSSR count). The fourth-order valence-electron chi connectivity index (χ4n) is 3.23. The van der Waals surface area contributed by atoms with Crippen LogP contribution in [0.15, 0.2) is 22.8 Å². The van der Waals surface area contributed by atoms with Gasteiger partial charge >= 0.3 is 0 Å². The highest BCUT2D eigenvalue weighted by Gasteiger charge is 2.40. The fraction of sp³-hybridized carbons (Fsp3) is 0.733. The summed E-state index contributed by atoms with van der Waals surface area (Å²) in [5.74, 6) is 1.05. The largest absolute Gasteiger partial charge is 0.468 e. The first-order valence-corrected chi connectivity index (χ1v) is 7.18. The van der Waals surface area contributed by atoms with Crippen LogP contribution in [-0.4, -0.2) is 30.6 Å². The number of likely N-dealkylation sites (tertiary alicyclic amines) is 1. The summed E-state index contributed by atoms with van der Waals surface area (Å²) in [4.78, 5) is 2.64. The highest BCUT2D eigenvalue weighted by atomic mass is 16.3. The number of likely N-dealkylation sites (N-methyl/N-ethyl adjacent to an activating group) is 1. The van der Waals surface area contributed by atoms with Crippen LogP contribution in [0.2, 0.25) is 0 Å². The summed E-state index contributed by atoms with van der Waals surface area (Å²) >= 11 is 0. The van der Waals surface area contributed by atoms with E-state index < -0.39 is 0 Å². The lowest BCUT2D eigenvalue weighted by Crippen LogP contribution is -2.55. The second-order valence-electron chi connectivity index (χ2n) is 5.50. The van der Waals surface area contributed by atoms with Crippen LogP contribution in [0.4, 0.5) is 0 Å². The lowest BCUT2D eigenvalue weighted by atomic mass is 9.84. The molecule has 2 unspecified atom stereocenters. The first-order valence-electron chi connectivity index (χ1n) is 7.18. The van der Waals surface area contributed by atoms with Gasteiger partial charge in [0.1, 0.15) is 5.76 Å². The van der Waals surface area contributed by atoms with Crippen molar-refractivity contribution in [2.24, 2.45) is 0 Å². The summed E-state index contributed by atoms with van der Waals surface area (Å²) < 4.78 is 5.64. The van der Waals surface area contributed by atoms with E-state index in [1.807, 2.05) is 13.1 Å². The molecule has 0 saturated carbocycles. The van der Waals surface area contributed by atoms with Crippen LogP contribution in [0.3, 0.4) is 0 Å². The zero-order chi connectivity index (χ0) is 13.0. The van der Waals surface area contributed by atoms with Crippen LogP contribution >= 0.6 is 0 Å². The van der Waals surface area contributed by atoms with Crippen molar-refractivity contribution >= 4 is 0 Å². The molecule has 2 atom stereocenters. The Morgan fingerprint density at radius 3 is 2.61 bits per heavy atom. The van der Waals surface area contributed by atoms with Gasteiger partial charge in [0.15, 0.2) is 0 Å². The number of rotatable bonds is 5. The van der Waals surface area contributed by atoms with Crippen molar-refractivity contribution in [1.82, 2.24) is 10.2 Å². The number of hydrogen-bond acceptors (Lipinski definition) is 3. The quantitative estimate of drug-likeness (QED) is 0.870. The Labute approximate surface area is 111 Å². The molecular formula is C15H26N2O. The molecule has 1 aliphatic heterocycles. The zero-order valence-electron chi connectivity index (χ0n) is 11.9. The van der Waals surface area contributed by atoms with E-state index in [9.17, 15) is 0 Å².